The Morgan fingerprint density at radius 2 is 1.49 bits per heavy atom. The van der Waals surface area contributed by atoms with Crippen molar-refractivity contribution in [1.82, 2.24) is 0 Å². The van der Waals surface area contributed by atoms with Crippen LogP contribution in [0.25, 0.3) is 0 Å². The van der Waals surface area contributed by atoms with E-state index in [4.69, 9.17) is 4.74 Å². The molecule has 4 aromatic carbocycles. The number of hydrogen-bond acceptors (Lipinski definition) is 3. The van der Waals surface area contributed by atoms with Crippen molar-refractivity contribution in [2.45, 2.75) is 32.1 Å². The number of nitrogens with one attached hydrogen (secondary N) is 1. The van der Waals surface area contributed by atoms with Crippen molar-refractivity contribution in [3.05, 3.63) is 137 Å². The van der Waals surface area contributed by atoms with Crippen LogP contribution in [0.3, 0.4) is 0 Å². The maximum Gasteiger partial charge on any atom is 0.231 e. The van der Waals surface area contributed by atoms with Gasteiger partial charge >= 0.3 is 0 Å². The summed E-state index contributed by atoms with van der Waals surface area (Å²) in [6.45, 7) is 1.98. The number of hydrogen-bond donors (Lipinski definition) is 2. The number of allylic oxidation sites excluding steroid dienone is 1. The zero-order valence-electron chi connectivity index (χ0n) is 21.9. The molecule has 1 aliphatic rings. The highest BCUT2D eigenvalue weighted by Crippen LogP contribution is 2.42. The van der Waals surface area contributed by atoms with E-state index >= 15 is 0 Å². The number of halogens is 1. The van der Waals surface area contributed by atoms with Crippen molar-refractivity contribution in [2.24, 2.45) is 11.8 Å². The molecule has 0 saturated heterocycles. The first-order chi connectivity index (χ1) is 19.0. The minimum atomic E-state index is -0.417. The minimum Gasteiger partial charge on any atom is -0.512 e. The van der Waals surface area contributed by atoms with Gasteiger partial charge in [0.1, 0.15) is 17.3 Å². The van der Waals surface area contributed by atoms with Gasteiger partial charge in [-0.3, -0.25) is 4.79 Å². The third kappa shape index (κ3) is 6.55. The third-order valence-corrected chi connectivity index (χ3v) is 7.39. The summed E-state index contributed by atoms with van der Waals surface area (Å²) in [6, 6.07) is 33.1. The van der Waals surface area contributed by atoms with E-state index in [-0.39, 0.29) is 23.6 Å². The molecule has 4 nitrogen and oxygen atoms in total. The molecule has 0 radical (unpaired) electrons. The van der Waals surface area contributed by atoms with E-state index in [2.05, 4.69) is 17.4 Å². The summed E-state index contributed by atoms with van der Waals surface area (Å²) >= 11 is 0. The summed E-state index contributed by atoms with van der Waals surface area (Å²) in [5.41, 5.74) is 3.72. The Kier molecular flexibility index (Phi) is 8.07. The highest BCUT2D eigenvalue weighted by Gasteiger charge is 2.37. The number of aliphatic hydroxyl groups excluding tert-OH is 1. The van der Waals surface area contributed by atoms with Crippen LogP contribution in [-0.4, -0.2) is 11.0 Å². The maximum absolute atomic E-state index is 13.6. The van der Waals surface area contributed by atoms with Crippen LogP contribution in [0.2, 0.25) is 0 Å². The van der Waals surface area contributed by atoms with E-state index in [0.29, 0.717) is 35.8 Å². The Balaban J connectivity index is 1.33. The Labute approximate surface area is 228 Å². The van der Waals surface area contributed by atoms with Crippen molar-refractivity contribution in [2.75, 3.05) is 5.32 Å². The molecule has 39 heavy (non-hydrogen) atoms. The largest absolute Gasteiger partial charge is 0.512 e. The first-order valence-corrected chi connectivity index (χ1v) is 13.3. The minimum absolute atomic E-state index is 0.125. The smallest absolute Gasteiger partial charge is 0.231 e. The molecule has 0 aromatic heterocycles. The lowest BCUT2D eigenvalue weighted by Crippen LogP contribution is -2.23. The van der Waals surface area contributed by atoms with Crippen molar-refractivity contribution in [3.63, 3.8) is 0 Å². The van der Waals surface area contributed by atoms with Crippen molar-refractivity contribution in [1.29, 1.82) is 0 Å². The zero-order chi connectivity index (χ0) is 27.2. The van der Waals surface area contributed by atoms with Crippen LogP contribution in [-0.2, 0) is 11.2 Å². The topological polar surface area (TPSA) is 58.6 Å². The molecule has 3 unspecified atom stereocenters. The van der Waals surface area contributed by atoms with Crippen LogP contribution >= 0.6 is 0 Å². The first kappa shape index (κ1) is 26.2. The van der Waals surface area contributed by atoms with Gasteiger partial charge in [-0.05, 0) is 90.4 Å². The van der Waals surface area contributed by atoms with Crippen LogP contribution in [0.5, 0.6) is 11.5 Å². The van der Waals surface area contributed by atoms with Gasteiger partial charge in [-0.25, -0.2) is 4.39 Å². The lowest BCUT2D eigenvalue weighted by Gasteiger charge is -2.18. The molecule has 5 rings (SSSR count). The molecule has 1 fully saturated rings. The molecule has 4 aromatic rings. The summed E-state index contributed by atoms with van der Waals surface area (Å²) in [7, 11) is 0. The molecule has 1 amide bonds. The van der Waals surface area contributed by atoms with Gasteiger partial charge in [0.2, 0.25) is 5.91 Å². The Morgan fingerprint density at radius 3 is 2.13 bits per heavy atom. The van der Waals surface area contributed by atoms with Gasteiger partial charge in [-0.1, -0.05) is 67.6 Å². The standard InChI is InChI=1S/C34H32FNO3/c1-23(26-10-6-3-7-11-26)33(37)31-21-25(20-24-8-4-2-5-9-24)22-32(31)34(38)36-28-14-18-30(19-15-28)39-29-16-12-27(35)13-17-29/h2-19,23,25,32,37H,20-22H2,1H3,(H,36,38). The lowest BCUT2D eigenvalue weighted by atomic mass is 9.91. The van der Waals surface area contributed by atoms with Crippen LogP contribution in [0, 0.1) is 17.7 Å². The van der Waals surface area contributed by atoms with Gasteiger partial charge in [-0.15, -0.1) is 0 Å². The quantitative estimate of drug-likeness (QED) is 0.229. The van der Waals surface area contributed by atoms with Gasteiger partial charge in [0, 0.05) is 11.6 Å². The van der Waals surface area contributed by atoms with Crippen LogP contribution in [0.1, 0.15) is 36.8 Å². The maximum atomic E-state index is 13.6. The number of amides is 1. The lowest BCUT2D eigenvalue weighted by molar-refractivity contribution is -0.118. The molecule has 0 bridgehead atoms. The van der Waals surface area contributed by atoms with Crippen LogP contribution in [0.4, 0.5) is 10.1 Å². The molecule has 2 N–H and O–H groups in total. The van der Waals surface area contributed by atoms with Gasteiger partial charge in [-0.2, -0.15) is 0 Å². The summed E-state index contributed by atoms with van der Waals surface area (Å²) in [6.07, 6.45) is 2.21. The molecule has 198 valence electrons. The van der Waals surface area contributed by atoms with E-state index in [9.17, 15) is 14.3 Å². The highest BCUT2D eigenvalue weighted by atomic mass is 19.1. The molecule has 0 spiro atoms. The second-order valence-electron chi connectivity index (χ2n) is 10.2. The number of rotatable bonds is 8. The predicted octanol–water partition coefficient (Wildman–Crippen LogP) is 8.44. The Morgan fingerprint density at radius 1 is 0.897 bits per heavy atom. The van der Waals surface area contributed by atoms with Crippen molar-refractivity contribution < 1.29 is 19.0 Å². The van der Waals surface area contributed by atoms with Gasteiger partial charge in [0.15, 0.2) is 0 Å². The Hall–Kier alpha value is -4.38. The predicted molar refractivity (Wildman–Crippen MR) is 152 cm³/mol. The number of carbonyl (C=O) groups is 1. The van der Waals surface area contributed by atoms with Gasteiger partial charge < -0.3 is 15.2 Å². The van der Waals surface area contributed by atoms with E-state index in [1.165, 1.54) is 17.7 Å². The first-order valence-electron chi connectivity index (χ1n) is 13.3. The monoisotopic (exact) mass is 521 g/mol. The second kappa shape index (κ2) is 12.0. The summed E-state index contributed by atoms with van der Waals surface area (Å²) in [5.74, 6) is 0.597. The number of carbonyl (C=O) groups excluding carboxylic acids is 1. The molecule has 1 aliphatic carbocycles. The highest BCUT2D eigenvalue weighted by molar-refractivity contribution is 5.94. The number of benzene rings is 4. The second-order valence-corrected chi connectivity index (χ2v) is 10.2. The third-order valence-electron chi connectivity index (χ3n) is 7.39. The summed E-state index contributed by atoms with van der Waals surface area (Å²) in [4.78, 5) is 13.6. The van der Waals surface area contributed by atoms with E-state index in [1.807, 2.05) is 55.5 Å². The fraction of sp³-hybridized carbons (Fsp3) is 0.206. The number of aliphatic hydroxyl groups is 1. The van der Waals surface area contributed by atoms with Crippen LogP contribution in [0.15, 0.2) is 121 Å². The average molecular weight is 522 g/mol. The normalized spacial score (nSPS) is 18.8. The molecular formula is C34H32FNO3. The van der Waals surface area contributed by atoms with E-state index in [0.717, 1.165) is 17.6 Å². The zero-order valence-corrected chi connectivity index (χ0v) is 21.9. The fourth-order valence-corrected chi connectivity index (χ4v) is 5.32. The SMILES string of the molecule is CC(C(O)=C1CC(Cc2ccccc2)CC1C(=O)Nc1ccc(Oc2ccc(F)cc2)cc1)c1ccccc1. The molecular weight excluding hydrogens is 489 g/mol. The molecule has 0 heterocycles. The average Bonchev–Trinajstić information content (AvgIpc) is 3.39. The summed E-state index contributed by atoms with van der Waals surface area (Å²) in [5, 5.41) is 14.4. The molecule has 5 heteroatoms. The Bertz CT molecular complexity index is 1420. The number of anilines is 1. The molecule has 1 saturated carbocycles. The van der Waals surface area contributed by atoms with Crippen molar-refractivity contribution in [3.8, 4) is 11.5 Å². The van der Waals surface area contributed by atoms with E-state index in [1.54, 1.807) is 36.4 Å². The summed E-state index contributed by atoms with van der Waals surface area (Å²) < 4.78 is 18.9. The fourth-order valence-electron chi connectivity index (χ4n) is 5.32. The van der Waals surface area contributed by atoms with E-state index < -0.39 is 5.92 Å². The van der Waals surface area contributed by atoms with Gasteiger partial charge in [0.25, 0.3) is 0 Å². The van der Waals surface area contributed by atoms with Crippen LogP contribution < -0.4 is 10.1 Å². The number of ether oxygens (including phenoxy) is 1. The van der Waals surface area contributed by atoms with Crippen molar-refractivity contribution >= 4 is 11.6 Å². The molecule has 0 aliphatic heterocycles. The molecule has 3 atom stereocenters. The van der Waals surface area contributed by atoms with Gasteiger partial charge in [0.05, 0.1) is 11.7 Å².